The molecule has 0 aromatic carbocycles. The summed E-state index contributed by atoms with van der Waals surface area (Å²) in [6.07, 6.45) is -4.32. The average molecular weight is 178 g/mol. The topological polar surface area (TPSA) is 107 Å². The number of aliphatic hydroxyl groups excluding tert-OH is 3. The van der Waals surface area contributed by atoms with Gasteiger partial charge in [-0.2, -0.15) is 0 Å². The third-order valence-electron chi connectivity index (χ3n) is 1.82. The minimum absolute atomic E-state index is 0.0173. The molecule has 0 aromatic heterocycles. The van der Waals surface area contributed by atoms with Crippen LogP contribution in [-0.4, -0.2) is 57.4 Å². The Morgan fingerprint density at radius 1 is 1.50 bits per heavy atom. The van der Waals surface area contributed by atoms with Gasteiger partial charge in [0.2, 0.25) is 0 Å². The van der Waals surface area contributed by atoms with Crippen molar-refractivity contribution < 1.29 is 30.0 Å². The first-order chi connectivity index (χ1) is 5.55. The fraction of sp³-hybridized carbons (Fsp3) is 0.833. The third-order valence-corrected chi connectivity index (χ3v) is 1.82. The number of hydrogen-bond acceptors (Lipinski definition) is 6. The van der Waals surface area contributed by atoms with E-state index in [1.807, 2.05) is 0 Å². The summed E-state index contributed by atoms with van der Waals surface area (Å²) < 4.78 is 4.51. The summed E-state index contributed by atoms with van der Waals surface area (Å²) in [6.45, 7) is -0.575. The van der Waals surface area contributed by atoms with Crippen molar-refractivity contribution in [2.75, 3.05) is 6.61 Å². The molecule has 1 heterocycles. The first-order valence-corrected chi connectivity index (χ1v) is 3.38. The van der Waals surface area contributed by atoms with Crippen molar-refractivity contribution in [2.45, 2.75) is 24.1 Å². The fourth-order valence-electron chi connectivity index (χ4n) is 1.07. The third kappa shape index (κ3) is 1.23. The first-order valence-electron chi connectivity index (χ1n) is 3.38. The zero-order valence-corrected chi connectivity index (χ0v) is 6.12. The average Bonchev–Trinajstić information content (AvgIpc) is 2.31. The maximum atomic E-state index is 10.2. The van der Waals surface area contributed by atoms with Gasteiger partial charge in [-0.05, 0) is 0 Å². The van der Waals surface area contributed by atoms with Gasteiger partial charge in [-0.15, -0.1) is 0 Å². The molecule has 0 aliphatic carbocycles. The highest BCUT2D eigenvalue weighted by molar-refractivity contribution is 5.61. The van der Waals surface area contributed by atoms with E-state index < -0.39 is 30.7 Å². The van der Waals surface area contributed by atoms with Crippen LogP contribution in [0.2, 0.25) is 0 Å². The van der Waals surface area contributed by atoms with Crippen LogP contribution >= 0.6 is 0 Å². The Bertz CT molecular complexity index is 183. The van der Waals surface area contributed by atoms with Crippen LogP contribution in [0.25, 0.3) is 0 Å². The second kappa shape index (κ2) is 3.08. The van der Waals surface area contributed by atoms with Gasteiger partial charge in [0.05, 0.1) is 6.61 Å². The van der Waals surface area contributed by atoms with E-state index in [0.717, 1.165) is 0 Å². The van der Waals surface area contributed by atoms with E-state index in [1.165, 1.54) is 0 Å². The molecule has 0 saturated carbocycles. The predicted molar refractivity (Wildman–Crippen MR) is 35.0 cm³/mol. The molecule has 12 heavy (non-hydrogen) atoms. The molecule has 0 unspecified atom stereocenters. The Kier molecular flexibility index (Phi) is 2.45. The molecule has 0 radical (unpaired) electrons. The minimum Gasteiger partial charge on any atom is -0.394 e. The number of hydrogen-bond donors (Lipinski definition) is 4. The number of rotatable bonds is 2. The van der Waals surface area contributed by atoms with Crippen LogP contribution in [0.4, 0.5) is 0 Å². The van der Waals surface area contributed by atoms with Gasteiger partial charge in [-0.3, -0.25) is 4.79 Å². The van der Waals surface area contributed by atoms with Crippen LogP contribution in [0.3, 0.4) is 0 Å². The van der Waals surface area contributed by atoms with Crippen molar-refractivity contribution in [3.8, 4) is 0 Å². The quantitative estimate of drug-likeness (QED) is 0.335. The van der Waals surface area contributed by atoms with E-state index >= 15 is 0 Å². The van der Waals surface area contributed by atoms with E-state index in [-0.39, 0.29) is 6.29 Å². The molecule has 0 spiro atoms. The van der Waals surface area contributed by atoms with Gasteiger partial charge in [0, 0.05) is 0 Å². The zero-order valence-electron chi connectivity index (χ0n) is 6.12. The normalized spacial score (nSPS) is 47.8. The molecule has 4 atom stereocenters. The Morgan fingerprint density at radius 3 is 2.33 bits per heavy atom. The monoisotopic (exact) mass is 178 g/mol. The van der Waals surface area contributed by atoms with Crippen LogP contribution in [0, 0.1) is 0 Å². The Hall–Kier alpha value is -0.530. The smallest absolute Gasteiger partial charge is 0.253 e. The molecule has 1 fully saturated rings. The first kappa shape index (κ1) is 9.56. The summed E-state index contributed by atoms with van der Waals surface area (Å²) in [4.78, 5) is 10.2. The van der Waals surface area contributed by atoms with E-state index in [2.05, 4.69) is 4.74 Å². The lowest BCUT2D eigenvalue weighted by atomic mass is 10.1. The minimum atomic E-state index is -2.40. The molecule has 1 aliphatic heterocycles. The SMILES string of the molecule is O=C[C@]1(O)O[C@H](CO)[C@@H](O)[C@H]1O. The maximum Gasteiger partial charge on any atom is 0.253 e. The Morgan fingerprint density at radius 2 is 2.08 bits per heavy atom. The highest BCUT2D eigenvalue weighted by atomic mass is 16.7. The molecule has 1 saturated heterocycles. The zero-order chi connectivity index (χ0) is 9.35. The largest absolute Gasteiger partial charge is 0.394 e. The van der Waals surface area contributed by atoms with Gasteiger partial charge < -0.3 is 25.2 Å². The van der Waals surface area contributed by atoms with Crippen molar-refractivity contribution in [1.82, 2.24) is 0 Å². The van der Waals surface area contributed by atoms with E-state index in [1.54, 1.807) is 0 Å². The summed E-state index contributed by atoms with van der Waals surface area (Å²) >= 11 is 0. The number of aldehydes is 1. The fourth-order valence-corrected chi connectivity index (χ4v) is 1.07. The van der Waals surface area contributed by atoms with Crippen LogP contribution in [0.1, 0.15) is 0 Å². The summed E-state index contributed by atoms with van der Waals surface area (Å²) in [7, 11) is 0. The lowest BCUT2D eigenvalue weighted by Gasteiger charge is -2.17. The second-order valence-corrected chi connectivity index (χ2v) is 2.64. The summed E-state index contributed by atoms with van der Waals surface area (Å²) in [5.41, 5.74) is 0. The molecular formula is C6H10O6. The summed E-state index contributed by atoms with van der Waals surface area (Å²) in [5.74, 6) is -2.40. The van der Waals surface area contributed by atoms with Crippen molar-refractivity contribution in [3.05, 3.63) is 0 Å². The van der Waals surface area contributed by atoms with E-state index in [9.17, 15) is 4.79 Å². The predicted octanol–water partition coefficient (Wildman–Crippen LogP) is -3.01. The molecule has 0 bridgehead atoms. The molecule has 6 nitrogen and oxygen atoms in total. The van der Waals surface area contributed by atoms with Gasteiger partial charge in [0.1, 0.15) is 18.3 Å². The van der Waals surface area contributed by atoms with Gasteiger partial charge in [-0.25, -0.2) is 0 Å². The van der Waals surface area contributed by atoms with Gasteiger partial charge in [0.15, 0.2) is 6.29 Å². The van der Waals surface area contributed by atoms with Crippen molar-refractivity contribution in [2.24, 2.45) is 0 Å². The van der Waals surface area contributed by atoms with E-state index in [4.69, 9.17) is 20.4 Å². The number of carbonyl (C=O) groups excluding carboxylic acids is 1. The van der Waals surface area contributed by atoms with Crippen molar-refractivity contribution in [1.29, 1.82) is 0 Å². The van der Waals surface area contributed by atoms with Crippen molar-refractivity contribution >= 4 is 6.29 Å². The van der Waals surface area contributed by atoms with Crippen molar-refractivity contribution in [3.63, 3.8) is 0 Å². The van der Waals surface area contributed by atoms with Crippen LogP contribution in [-0.2, 0) is 9.53 Å². The number of aliphatic hydroxyl groups is 4. The highest BCUT2D eigenvalue weighted by Gasteiger charge is 2.53. The number of carbonyl (C=O) groups is 1. The summed E-state index contributed by atoms with van der Waals surface area (Å²) in [5, 5.41) is 35.8. The second-order valence-electron chi connectivity index (χ2n) is 2.64. The molecule has 1 rings (SSSR count). The molecule has 0 amide bonds. The maximum absolute atomic E-state index is 10.2. The van der Waals surface area contributed by atoms with E-state index in [0.29, 0.717) is 0 Å². The molecule has 1 aliphatic rings. The Labute approximate surface area is 68.0 Å². The lowest BCUT2D eigenvalue weighted by molar-refractivity contribution is -0.213. The van der Waals surface area contributed by atoms with Gasteiger partial charge in [0.25, 0.3) is 5.79 Å². The van der Waals surface area contributed by atoms with Gasteiger partial charge >= 0.3 is 0 Å². The lowest BCUT2D eigenvalue weighted by Crippen LogP contribution is -2.44. The molecular weight excluding hydrogens is 168 g/mol. The van der Waals surface area contributed by atoms with Crippen LogP contribution in [0.15, 0.2) is 0 Å². The molecule has 6 heteroatoms. The highest BCUT2D eigenvalue weighted by Crippen LogP contribution is 2.26. The standard InChI is InChI=1S/C6H10O6/c7-1-3-4(9)5(10)6(11,2-8)12-3/h2-5,7,9-11H,1H2/t3-,4-,5-,6+/m1/s1. The number of ether oxygens (including phenoxy) is 1. The summed E-state index contributed by atoms with van der Waals surface area (Å²) in [6, 6.07) is 0. The van der Waals surface area contributed by atoms with Crippen LogP contribution in [0.5, 0.6) is 0 Å². The van der Waals surface area contributed by atoms with Gasteiger partial charge in [-0.1, -0.05) is 0 Å². The molecule has 70 valence electrons. The molecule has 0 aromatic rings. The Balaban J connectivity index is 2.79. The molecule has 4 N–H and O–H groups in total. The van der Waals surface area contributed by atoms with Crippen LogP contribution < -0.4 is 0 Å².